The number of hydrogen-bond acceptors (Lipinski definition) is 2. The van der Waals surface area contributed by atoms with Gasteiger partial charge in [0, 0.05) is 18.3 Å². The lowest BCUT2D eigenvalue weighted by molar-refractivity contribution is -0.124. The van der Waals surface area contributed by atoms with Gasteiger partial charge in [0.05, 0.1) is 0 Å². The highest BCUT2D eigenvalue weighted by molar-refractivity contribution is 5.82. The predicted molar refractivity (Wildman–Crippen MR) is 64.9 cm³/mol. The van der Waals surface area contributed by atoms with Crippen LogP contribution in [0.5, 0.6) is 0 Å². The molecule has 0 saturated heterocycles. The van der Waals surface area contributed by atoms with E-state index in [1.807, 2.05) is 27.7 Å². The van der Waals surface area contributed by atoms with E-state index in [1.54, 1.807) is 6.92 Å². The Balaban J connectivity index is 0. The minimum atomic E-state index is 0.204. The zero-order valence-corrected chi connectivity index (χ0v) is 11.1. The van der Waals surface area contributed by atoms with E-state index in [9.17, 15) is 9.59 Å². The van der Waals surface area contributed by atoms with E-state index < -0.39 is 0 Å². The van der Waals surface area contributed by atoms with Crippen molar-refractivity contribution in [2.45, 2.75) is 60.8 Å². The molecular formula is C13H26O2. The van der Waals surface area contributed by atoms with Crippen LogP contribution in [-0.2, 0) is 9.59 Å². The summed E-state index contributed by atoms with van der Waals surface area (Å²) in [7, 11) is 0. The van der Waals surface area contributed by atoms with Crippen molar-refractivity contribution < 1.29 is 9.59 Å². The van der Waals surface area contributed by atoms with Crippen molar-refractivity contribution in [3.8, 4) is 0 Å². The third kappa shape index (κ3) is 13.3. The van der Waals surface area contributed by atoms with Gasteiger partial charge in [-0.25, -0.2) is 0 Å². The summed E-state index contributed by atoms with van der Waals surface area (Å²) in [6.45, 7) is 11.5. The van der Waals surface area contributed by atoms with E-state index in [0.29, 0.717) is 11.6 Å². The normalized spacial score (nSPS) is 9.87. The van der Waals surface area contributed by atoms with Gasteiger partial charge in [0.2, 0.25) is 0 Å². The second-order valence-electron chi connectivity index (χ2n) is 4.52. The molecule has 15 heavy (non-hydrogen) atoms. The number of rotatable bonds is 5. The van der Waals surface area contributed by atoms with Crippen molar-refractivity contribution in [2.75, 3.05) is 0 Å². The molecule has 0 atom stereocenters. The van der Waals surface area contributed by atoms with Crippen LogP contribution >= 0.6 is 0 Å². The topological polar surface area (TPSA) is 34.1 Å². The predicted octanol–water partition coefficient (Wildman–Crippen LogP) is 3.63. The second kappa shape index (κ2) is 9.88. The van der Waals surface area contributed by atoms with Crippen LogP contribution in [0.15, 0.2) is 0 Å². The van der Waals surface area contributed by atoms with Gasteiger partial charge in [0.1, 0.15) is 11.6 Å². The Morgan fingerprint density at radius 3 is 1.47 bits per heavy atom. The molecule has 2 nitrogen and oxygen atoms in total. The van der Waals surface area contributed by atoms with Gasteiger partial charge in [-0.15, -0.1) is 0 Å². The summed E-state index contributed by atoms with van der Waals surface area (Å²) in [4.78, 5) is 21.0. The molecule has 0 bridgehead atoms. The van der Waals surface area contributed by atoms with Crippen LogP contribution in [0.1, 0.15) is 60.8 Å². The Hall–Kier alpha value is -0.660. The maximum absolute atomic E-state index is 10.8. The largest absolute Gasteiger partial charge is 0.300 e. The fourth-order valence-corrected chi connectivity index (χ4v) is 1.09. The number of hydrogen-bond donors (Lipinski definition) is 0. The standard InChI is InChI=1S/C7H14O.C6H12O/c1-5(2)7(8)6(3)4;1-3-4-5-6(2)7/h5-6H,1-4H3;3-5H2,1-2H3. The first-order chi connectivity index (χ1) is 6.82. The molecule has 0 aliphatic heterocycles. The van der Waals surface area contributed by atoms with Gasteiger partial charge in [0.25, 0.3) is 0 Å². The molecular weight excluding hydrogens is 188 g/mol. The summed E-state index contributed by atoms with van der Waals surface area (Å²) < 4.78 is 0. The van der Waals surface area contributed by atoms with E-state index in [4.69, 9.17) is 0 Å². The summed E-state index contributed by atoms with van der Waals surface area (Å²) in [6, 6.07) is 0. The van der Waals surface area contributed by atoms with Crippen molar-refractivity contribution in [3.05, 3.63) is 0 Å². The highest BCUT2D eigenvalue weighted by Gasteiger charge is 2.09. The summed E-state index contributed by atoms with van der Waals surface area (Å²) >= 11 is 0. The van der Waals surface area contributed by atoms with Gasteiger partial charge in [-0.05, 0) is 13.3 Å². The molecule has 0 aliphatic rings. The zero-order chi connectivity index (χ0) is 12.4. The molecule has 0 N–H and O–H groups in total. The van der Waals surface area contributed by atoms with Crippen LogP contribution in [0.4, 0.5) is 0 Å². The van der Waals surface area contributed by atoms with E-state index in [2.05, 4.69) is 6.92 Å². The summed E-state index contributed by atoms with van der Waals surface area (Å²) in [5.74, 6) is 1.07. The molecule has 0 aromatic carbocycles. The number of unbranched alkanes of at least 4 members (excludes halogenated alkanes) is 1. The van der Waals surface area contributed by atoms with Crippen LogP contribution in [0, 0.1) is 11.8 Å². The molecule has 0 aromatic heterocycles. The number of ketones is 2. The number of carbonyl (C=O) groups is 2. The molecule has 0 aliphatic carbocycles. The monoisotopic (exact) mass is 214 g/mol. The van der Waals surface area contributed by atoms with Crippen molar-refractivity contribution in [1.82, 2.24) is 0 Å². The Kier molecular flexibility index (Phi) is 11.0. The molecule has 0 amide bonds. The third-order valence-corrected chi connectivity index (χ3v) is 2.02. The highest BCUT2D eigenvalue weighted by atomic mass is 16.1. The van der Waals surface area contributed by atoms with E-state index in [0.717, 1.165) is 19.3 Å². The Morgan fingerprint density at radius 2 is 1.40 bits per heavy atom. The fourth-order valence-electron chi connectivity index (χ4n) is 1.09. The summed E-state index contributed by atoms with van der Waals surface area (Å²) in [6.07, 6.45) is 2.94. The number of Topliss-reactive ketones (excluding diaryl/α,β-unsaturated/α-hetero) is 2. The van der Waals surface area contributed by atoms with E-state index in [1.165, 1.54) is 0 Å². The minimum absolute atomic E-state index is 0.204. The molecule has 0 heterocycles. The fraction of sp³-hybridized carbons (Fsp3) is 0.846. The molecule has 0 radical (unpaired) electrons. The lowest BCUT2D eigenvalue weighted by atomic mass is 9.99. The smallest absolute Gasteiger partial charge is 0.137 e. The third-order valence-electron chi connectivity index (χ3n) is 2.02. The lowest BCUT2D eigenvalue weighted by Crippen LogP contribution is -2.13. The molecule has 90 valence electrons. The van der Waals surface area contributed by atoms with E-state index >= 15 is 0 Å². The van der Waals surface area contributed by atoms with Crippen LogP contribution < -0.4 is 0 Å². The first-order valence-electron chi connectivity index (χ1n) is 5.86. The Bertz CT molecular complexity index is 171. The van der Waals surface area contributed by atoms with Gasteiger partial charge in [-0.2, -0.15) is 0 Å². The Labute approximate surface area is 94.4 Å². The molecule has 0 rings (SSSR count). The lowest BCUT2D eigenvalue weighted by Gasteiger charge is -2.05. The van der Waals surface area contributed by atoms with Gasteiger partial charge in [-0.1, -0.05) is 41.0 Å². The van der Waals surface area contributed by atoms with Crippen LogP contribution in [0.2, 0.25) is 0 Å². The molecule has 0 aromatic rings. The number of carbonyl (C=O) groups excluding carboxylic acids is 2. The van der Waals surface area contributed by atoms with Crippen LogP contribution in [-0.4, -0.2) is 11.6 Å². The molecule has 0 unspecified atom stereocenters. The van der Waals surface area contributed by atoms with Gasteiger partial charge in [-0.3, -0.25) is 4.79 Å². The van der Waals surface area contributed by atoms with Crippen molar-refractivity contribution in [2.24, 2.45) is 11.8 Å². The van der Waals surface area contributed by atoms with Crippen LogP contribution in [0.3, 0.4) is 0 Å². The summed E-state index contributed by atoms with van der Waals surface area (Å²) in [5.41, 5.74) is 0. The van der Waals surface area contributed by atoms with Gasteiger partial charge in [0.15, 0.2) is 0 Å². The van der Waals surface area contributed by atoms with Gasteiger partial charge >= 0.3 is 0 Å². The average molecular weight is 214 g/mol. The van der Waals surface area contributed by atoms with Crippen LogP contribution in [0.25, 0.3) is 0 Å². The van der Waals surface area contributed by atoms with Crippen molar-refractivity contribution >= 4 is 11.6 Å². The Morgan fingerprint density at radius 1 is 1.00 bits per heavy atom. The molecule has 0 fully saturated rings. The van der Waals surface area contributed by atoms with Crippen molar-refractivity contribution in [3.63, 3.8) is 0 Å². The minimum Gasteiger partial charge on any atom is -0.300 e. The van der Waals surface area contributed by atoms with Gasteiger partial charge < -0.3 is 4.79 Å². The quantitative estimate of drug-likeness (QED) is 0.700. The SMILES string of the molecule is CC(C)C(=O)C(C)C.CCCCC(C)=O. The first-order valence-corrected chi connectivity index (χ1v) is 5.86. The van der Waals surface area contributed by atoms with E-state index in [-0.39, 0.29) is 11.8 Å². The highest BCUT2D eigenvalue weighted by Crippen LogP contribution is 2.03. The summed E-state index contributed by atoms with van der Waals surface area (Å²) in [5, 5.41) is 0. The maximum atomic E-state index is 10.8. The molecule has 0 spiro atoms. The van der Waals surface area contributed by atoms with Crippen molar-refractivity contribution in [1.29, 1.82) is 0 Å². The molecule has 0 saturated carbocycles. The molecule has 2 heteroatoms. The first kappa shape index (κ1) is 16.8. The second-order valence-corrected chi connectivity index (χ2v) is 4.52. The average Bonchev–Trinajstić information content (AvgIpc) is 2.14. The maximum Gasteiger partial charge on any atom is 0.137 e. The zero-order valence-electron chi connectivity index (χ0n) is 11.1.